The Kier molecular flexibility index (Phi) is 1.95. The SMILES string of the molecule is CCC1=CC=CC1=C(C)O. The van der Waals surface area contributed by atoms with Crippen LogP contribution >= 0.6 is 0 Å². The molecule has 0 fully saturated rings. The fourth-order valence-corrected chi connectivity index (χ4v) is 1.12. The van der Waals surface area contributed by atoms with Crippen molar-refractivity contribution in [1.29, 1.82) is 0 Å². The van der Waals surface area contributed by atoms with Gasteiger partial charge in [-0.3, -0.25) is 0 Å². The Morgan fingerprint density at radius 1 is 1.60 bits per heavy atom. The molecular weight excluding hydrogens is 124 g/mol. The lowest BCUT2D eigenvalue weighted by Crippen LogP contribution is -1.85. The van der Waals surface area contributed by atoms with Crippen LogP contribution in [0.3, 0.4) is 0 Å². The molecule has 0 aromatic heterocycles. The number of aliphatic hydroxyl groups is 1. The van der Waals surface area contributed by atoms with Gasteiger partial charge in [-0.2, -0.15) is 0 Å². The van der Waals surface area contributed by atoms with Crippen molar-refractivity contribution in [3.05, 3.63) is 35.1 Å². The number of allylic oxidation sites excluding steroid dienone is 6. The summed E-state index contributed by atoms with van der Waals surface area (Å²) < 4.78 is 0. The highest BCUT2D eigenvalue weighted by Gasteiger charge is 2.06. The van der Waals surface area contributed by atoms with Crippen LogP contribution in [0.5, 0.6) is 0 Å². The van der Waals surface area contributed by atoms with E-state index in [0.717, 1.165) is 12.0 Å². The van der Waals surface area contributed by atoms with Crippen molar-refractivity contribution in [2.75, 3.05) is 0 Å². The summed E-state index contributed by atoms with van der Waals surface area (Å²) in [6.07, 6.45) is 6.93. The summed E-state index contributed by atoms with van der Waals surface area (Å²) in [5, 5.41) is 9.14. The fraction of sp³-hybridized carbons (Fsp3) is 0.333. The lowest BCUT2D eigenvalue weighted by molar-refractivity contribution is 0.410. The third-order valence-electron chi connectivity index (χ3n) is 1.68. The highest BCUT2D eigenvalue weighted by molar-refractivity contribution is 5.48. The number of hydrogen-bond acceptors (Lipinski definition) is 1. The lowest BCUT2D eigenvalue weighted by atomic mass is 10.1. The highest BCUT2D eigenvalue weighted by atomic mass is 16.3. The van der Waals surface area contributed by atoms with Crippen LogP contribution in [0.2, 0.25) is 0 Å². The zero-order chi connectivity index (χ0) is 7.56. The van der Waals surface area contributed by atoms with Gasteiger partial charge in [0.2, 0.25) is 0 Å². The average Bonchev–Trinajstić information content (AvgIpc) is 2.33. The average molecular weight is 136 g/mol. The van der Waals surface area contributed by atoms with E-state index in [1.807, 2.05) is 18.2 Å². The van der Waals surface area contributed by atoms with Crippen molar-refractivity contribution in [2.24, 2.45) is 0 Å². The first-order valence-corrected chi connectivity index (χ1v) is 3.53. The van der Waals surface area contributed by atoms with E-state index >= 15 is 0 Å². The van der Waals surface area contributed by atoms with Crippen molar-refractivity contribution in [3.8, 4) is 0 Å². The number of aliphatic hydroxyl groups excluding tert-OH is 1. The van der Waals surface area contributed by atoms with Gasteiger partial charge in [-0.25, -0.2) is 0 Å². The summed E-state index contributed by atoms with van der Waals surface area (Å²) >= 11 is 0. The first-order valence-electron chi connectivity index (χ1n) is 3.53. The predicted molar refractivity (Wildman–Crippen MR) is 42.8 cm³/mol. The summed E-state index contributed by atoms with van der Waals surface area (Å²) in [5.74, 6) is 0.418. The van der Waals surface area contributed by atoms with Crippen LogP contribution < -0.4 is 0 Å². The number of hydrogen-bond donors (Lipinski definition) is 1. The Morgan fingerprint density at radius 3 is 2.70 bits per heavy atom. The number of rotatable bonds is 1. The minimum Gasteiger partial charge on any atom is -0.512 e. The summed E-state index contributed by atoms with van der Waals surface area (Å²) in [5.41, 5.74) is 2.21. The van der Waals surface area contributed by atoms with Crippen molar-refractivity contribution in [2.45, 2.75) is 20.3 Å². The molecule has 1 aliphatic rings. The summed E-state index contributed by atoms with van der Waals surface area (Å²) in [7, 11) is 0. The molecule has 0 saturated heterocycles. The highest BCUT2D eigenvalue weighted by Crippen LogP contribution is 2.22. The third kappa shape index (κ3) is 1.13. The van der Waals surface area contributed by atoms with Crippen molar-refractivity contribution in [1.82, 2.24) is 0 Å². The first kappa shape index (κ1) is 7.13. The second-order valence-electron chi connectivity index (χ2n) is 2.40. The van der Waals surface area contributed by atoms with Crippen LogP contribution in [-0.4, -0.2) is 5.11 Å². The minimum absolute atomic E-state index is 0.418. The Morgan fingerprint density at radius 2 is 2.30 bits per heavy atom. The molecule has 0 atom stereocenters. The first-order chi connectivity index (χ1) is 4.75. The van der Waals surface area contributed by atoms with Gasteiger partial charge in [0.1, 0.15) is 0 Å². The van der Waals surface area contributed by atoms with Gasteiger partial charge in [0, 0.05) is 5.57 Å². The Bertz CT molecular complexity index is 215. The van der Waals surface area contributed by atoms with Gasteiger partial charge >= 0.3 is 0 Å². The van der Waals surface area contributed by atoms with Crippen LogP contribution in [0.15, 0.2) is 35.1 Å². The molecule has 1 heteroatoms. The smallest absolute Gasteiger partial charge is 0.0966 e. The van der Waals surface area contributed by atoms with Gasteiger partial charge in [0.25, 0.3) is 0 Å². The van der Waals surface area contributed by atoms with Gasteiger partial charge in [-0.05, 0) is 18.9 Å². The van der Waals surface area contributed by atoms with Gasteiger partial charge in [0.15, 0.2) is 0 Å². The van der Waals surface area contributed by atoms with Crippen LogP contribution in [0.1, 0.15) is 20.3 Å². The fourth-order valence-electron chi connectivity index (χ4n) is 1.12. The third-order valence-corrected chi connectivity index (χ3v) is 1.68. The molecule has 0 aromatic carbocycles. The van der Waals surface area contributed by atoms with Crippen LogP contribution in [0.25, 0.3) is 0 Å². The molecule has 0 unspecified atom stereocenters. The molecule has 0 bridgehead atoms. The second-order valence-corrected chi connectivity index (χ2v) is 2.40. The van der Waals surface area contributed by atoms with Crippen molar-refractivity contribution >= 4 is 0 Å². The Labute approximate surface area is 61.4 Å². The Balaban J connectivity index is 2.92. The monoisotopic (exact) mass is 136 g/mol. The maximum Gasteiger partial charge on any atom is 0.0966 e. The van der Waals surface area contributed by atoms with E-state index in [1.165, 1.54) is 5.57 Å². The molecule has 54 valence electrons. The van der Waals surface area contributed by atoms with Gasteiger partial charge in [-0.1, -0.05) is 25.2 Å². The molecule has 1 rings (SSSR count). The molecule has 0 aromatic rings. The molecule has 1 nitrogen and oxygen atoms in total. The van der Waals surface area contributed by atoms with E-state index < -0.39 is 0 Å². The van der Waals surface area contributed by atoms with E-state index in [2.05, 4.69) is 6.92 Å². The molecule has 0 aliphatic heterocycles. The van der Waals surface area contributed by atoms with Crippen molar-refractivity contribution in [3.63, 3.8) is 0 Å². The molecule has 0 spiro atoms. The predicted octanol–water partition coefficient (Wildman–Crippen LogP) is 2.72. The van der Waals surface area contributed by atoms with E-state index in [9.17, 15) is 0 Å². The quantitative estimate of drug-likeness (QED) is 0.549. The van der Waals surface area contributed by atoms with Crippen molar-refractivity contribution < 1.29 is 5.11 Å². The maximum atomic E-state index is 9.14. The standard InChI is InChI=1S/C9H12O/c1-3-8-5-4-6-9(8)7(2)10/h4-6,10H,3H2,1-2H3. The topological polar surface area (TPSA) is 20.2 Å². The second kappa shape index (κ2) is 2.74. The normalized spacial score (nSPS) is 21.2. The van der Waals surface area contributed by atoms with Gasteiger partial charge < -0.3 is 5.11 Å². The molecule has 0 heterocycles. The van der Waals surface area contributed by atoms with E-state index in [4.69, 9.17) is 5.11 Å². The molecule has 0 saturated carbocycles. The van der Waals surface area contributed by atoms with Gasteiger partial charge in [-0.15, -0.1) is 0 Å². The zero-order valence-corrected chi connectivity index (χ0v) is 6.39. The van der Waals surface area contributed by atoms with Crippen LogP contribution in [0, 0.1) is 0 Å². The summed E-state index contributed by atoms with van der Waals surface area (Å²) in [6.45, 7) is 3.80. The van der Waals surface area contributed by atoms with E-state index in [0.29, 0.717) is 5.76 Å². The minimum atomic E-state index is 0.418. The summed E-state index contributed by atoms with van der Waals surface area (Å²) in [4.78, 5) is 0. The summed E-state index contributed by atoms with van der Waals surface area (Å²) in [6, 6.07) is 0. The molecule has 0 amide bonds. The Hall–Kier alpha value is -0.980. The van der Waals surface area contributed by atoms with Gasteiger partial charge in [0.05, 0.1) is 5.76 Å². The molecular formula is C9H12O. The van der Waals surface area contributed by atoms with Crippen LogP contribution in [0.4, 0.5) is 0 Å². The van der Waals surface area contributed by atoms with E-state index in [-0.39, 0.29) is 0 Å². The molecule has 0 radical (unpaired) electrons. The molecule has 1 aliphatic carbocycles. The lowest BCUT2D eigenvalue weighted by Gasteiger charge is -2.00. The maximum absolute atomic E-state index is 9.14. The zero-order valence-electron chi connectivity index (χ0n) is 6.39. The van der Waals surface area contributed by atoms with Crippen LogP contribution in [-0.2, 0) is 0 Å². The van der Waals surface area contributed by atoms with E-state index in [1.54, 1.807) is 6.92 Å². The molecule has 1 N–H and O–H groups in total. The molecule has 10 heavy (non-hydrogen) atoms. The largest absolute Gasteiger partial charge is 0.512 e.